The Morgan fingerprint density at radius 2 is 1.97 bits per heavy atom. The maximum Gasteiger partial charge on any atom is 0.295 e. The highest BCUT2D eigenvalue weighted by Gasteiger charge is 2.44. The van der Waals surface area contributed by atoms with Gasteiger partial charge in [0.05, 0.1) is 29.1 Å². The van der Waals surface area contributed by atoms with Crippen molar-refractivity contribution in [1.82, 2.24) is 0 Å². The molecule has 4 aromatic rings. The van der Waals surface area contributed by atoms with Crippen LogP contribution in [0.1, 0.15) is 27.7 Å². The van der Waals surface area contributed by atoms with E-state index in [2.05, 4.69) is 22.5 Å². The molecule has 0 spiro atoms. The standard InChI is InChI=1S/C27H19BrClNO5/c1-3-11-34-18-6-4-5-15(12-18)24-23-25(31)19-13-16(28)7-9-21(19)35-26(23)27(32)30(24)17-8-10-22(33-2)20(29)14-17/h3-10,12-14,24H,1,11H2,2H3. The Kier molecular flexibility index (Phi) is 6.13. The molecule has 1 unspecified atom stereocenters. The quantitative estimate of drug-likeness (QED) is 0.254. The predicted molar refractivity (Wildman–Crippen MR) is 139 cm³/mol. The van der Waals surface area contributed by atoms with Gasteiger partial charge < -0.3 is 13.9 Å². The molecule has 8 heteroatoms. The number of carbonyl (C=O) groups is 1. The second kappa shape index (κ2) is 9.24. The van der Waals surface area contributed by atoms with Gasteiger partial charge in [-0.05, 0) is 54.1 Å². The summed E-state index contributed by atoms with van der Waals surface area (Å²) in [5, 5.41) is 0.716. The van der Waals surface area contributed by atoms with Gasteiger partial charge in [-0.25, -0.2) is 0 Å². The number of methoxy groups -OCH3 is 1. The summed E-state index contributed by atoms with van der Waals surface area (Å²) in [6.07, 6.45) is 1.64. The number of ether oxygens (including phenoxy) is 2. The fourth-order valence-electron chi connectivity index (χ4n) is 4.26. The van der Waals surface area contributed by atoms with Gasteiger partial charge in [-0.1, -0.05) is 52.3 Å². The predicted octanol–water partition coefficient (Wildman–Crippen LogP) is 6.53. The average molecular weight is 553 g/mol. The maximum absolute atomic E-state index is 13.8. The number of benzene rings is 3. The van der Waals surface area contributed by atoms with Crippen LogP contribution >= 0.6 is 27.5 Å². The summed E-state index contributed by atoms with van der Waals surface area (Å²) in [6, 6.07) is 16.7. The van der Waals surface area contributed by atoms with Crippen LogP contribution < -0.4 is 19.8 Å². The highest BCUT2D eigenvalue weighted by molar-refractivity contribution is 9.10. The minimum atomic E-state index is -0.756. The van der Waals surface area contributed by atoms with Crippen LogP contribution in [0.4, 0.5) is 5.69 Å². The van der Waals surface area contributed by atoms with Gasteiger partial charge in [0, 0.05) is 10.2 Å². The SMILES string of the molecule is C=CCOc1cccc(C2c3c(oc4ccc(Br)cc4c3=O)C(=O)N2c2ccc(OC)c(Cl)c2)c1. The first-order valence-electron chi connectivity index (χ1n) is 10.7. The number of fused-ring (bicyclic) bond motifs is 2. The maximum atomic E-state index is 13.8. The smallest absolute Gasteiger partial charge is 0.295 e. The van der Waals surface area contributed by atoms with Crippen LogP contribution in [0.25, 0.3) is 11.0 Å². The van der Waals surface area contributed by atoms with Gasteiger partial charge in [0.25, 0.3) is 5.91 Å². The minimum absolute atomic E-state index is 0.000763. The largest absolute Gasteiger partial charge is 0.495 e. The fourth-order valence-corrected chi connectivity index (χ4v) is 4.87. The summed E-state index contributed by atoms with van der Waals surface area (Å²) in [6.45, 7) is 4.00. The van der Waals surface area contributed by atoms with E-state index in [1.807, 2.05) is 12.1 Å². The molecule has 0 aliphatic carbocycles. The van der Waals surface area contributed by atoms with Crippen LogP contribution in [-0.4, -0.2) is 19.6 Å². The van der Waals surface area contributed by atoms with Crippen LogP contribution in [0.3, 0.4) is 0 Å². The first-order valence-corrected chi connectivity index (χ1v) is 11.9. The lowest BCUT2D eigenvalue weighted by atomic mass is 9.98. The van der Waals surface area contributed by atoms with Crippen molar-refractivity contribution in [3.05, 3.63) is 110 Å². The van der Waals surface area contributed by atoms with Crippen LogP contribution in [0.15, 0.2) is 87.0 Å². The summed E-state index contributed by atoms with van der Waals surface area (Å²) < 4.78 is 17.7. The van der Waals surface area contributed by atoms with E-state index in [1.54, 1.807) is 54.6 Å². The number of carbonyl (C=O) groups excluding carboxylic acids is 1. The Balaban J connectivity index is 1.76. The number of halogens is 2. The zero-order valence-electron chi connectivity index (χ0n) is 18.6. The topological polar surface area (TPSA) is 69.0 Å². The number of hydrogen-bond donors (Lipinski definition) is 0. The van der Waals surface area contributed by atoms with Crippen LogP contribution in [-0.2, 0) is 0 Å². The molecule has 3 aromatic carbocycles. The number of hydrogen-bond acceptors (Lipinski definition) is 5. The van der Waals surface area contributed by atoms with Crippen molar-refractivity contribution in [2.45, 2.75) is 6.04 Å². The third-order valence-corrected chi connectivity index (χ3v) is 6.58. The van der Waals surface area contributed by atoms with Gasteiger partial charge in [0.1, 0.15) is 23.7 Å². The summed E-state index contributed by atoms with van der Waals surface area (Å²) >= 11 is 9.81. The van der Waals surface area contributed by atoms with E-state index in [9.17, 15) is 9.59 Å². The van der Waals surface area contributed by atoms with Gasteiger partial charge >= 0.3 is 0 Å². The normalized spacial score (nSPS) is 14.8. The minimum Gasteiger partial charge on any atom is -0.495 e. The first-order chi connectivity index (χ1) is 16.9. The lowest BCUT2D eigenvalue weighted by Crippen LogP contribution is -2.29. The molecule has 0 N–H and O–H groups in total. The molecule has 35 heavy (non-hydrogen) atoms. The molecule has 1 atom stereocenters. The number of amides is 1. The van der Waals surface area contributed by atoms with Crippen LogP contribution in [0.5, 0.6) is 11.5 Å². The van der Waals surface area contributed by atoms with E-state index in [1.165, 1.54) is 12.0 Å². The van der Waals surface area contributed by atoms with Gasteiger partial charge in [-0.2, -0.15) is 0 Å². The molecule has 1 aliphatic heterocycles. The fraction of sp³-hybridized carbons (Fsp3) is 0.111. The highest BCUT2D eigenvalue weighted by Crippen LogP contribution is 2.43. The molecule has 5 rings (SSSR count). The molecule has 6 nitrogen and oxygen atoms in total. The van der Waals surface area contributed by atoms with Crippen molar-refractivity contribution in [2.24, 2.45) is 0 Å². The van der Waals surface area contributed by atoms with Crippen molar-refractivity contribution in [1.29, 1.82) is 0 Å². The van der Waals surface area contributed by atoms with Gasteiger partial charge in [0.2, 0.25) is 5.76 Å². The Hall–Kier alpha value is -3.55. The summed E-state index contributed by atoms with van der Waals surface area (Å²) in [7, 11) is 1.52. The summed E-state index contributed by atoms with van der Waals surface area (Å²) in [4.78, 5) is 29.0. The molecule has 0 bridgehead atoms. The third-order valence-electron chi connectivity index (χ3n) is 5.79. The third kappa shape index (κ3) is 4.00. The average Bonchev–Trinajstić information content (AvgIpc) is 3.16. The summed E-state index contributed by atoms with van der Waals surface area (Å²) in [5.74, 6) is 0.620. The van der Waals surface area contributed by atoms with E-state index >= 15 is 0 Å². The number of anilines is 1. The molecule has 0 fully saturated rings. The van der Waals surface area contributed by atoms with E-state index in [0.717, 1.165) is 4.47 Å². The van der Waals surface area contributed by atoms with Crippen molar-refractivity contribution in [2.75, 3.05) is 18.6 Å². The van der Waals surface area contributed by atoms with Crippen molar-refractivity contribution in [3.63, 3.8) is 0 Å². The summed E-state index contributed by atoms with van der Waals surface area (Å²) in [5.41, 5.74) is 1.50. The molecule has 176 valence electrons. The molecular formula is C27H19BrClNO5. The van der Waals surface area contributed by atoms with Crippen molar-refractivity contribution < 1.29 is 18.7 Å². The Bertz CT molecular complexity index is 1550. The zero-order chi connectivity index (χ0) is 24.7. The highest BCUT2D eigenvalue weighted by atomic mass is 79.9. The molecular weight excluding hydrogens is 534 g/mol. The van der Waals surface area contributed by atoms with Gasteiger partial charge in [0.15, 0.2) is 5.43 Å². The Morgan fingerprint density at radius 1 is 1.14 bits per heavy atom. The molecule has 1 aliphatic rings. The first kappa shape index (κ1) is 23.2. The Morgan fingerprint density at radius 3 is 2.71 bits per heavy atom. The van der Waals surface area contributed by atoms with E-state index in [-0.39, 0.29) is 16.8 Å². The van der Waals surface area contributed by atoms with Gasteiger partial charge in [-0.3, -0.25) is 14.5 Å². The second-order valence-electron chi connectivity index (χ2n) is 7.88. The monoisotopic (exact) mass is 551 g/mol. The lowest BCUT2D eigenvalue weighted by molar-refractivity contribution is 0.0971. The molecule has 2 heterocycles. The molecule has 0 saturated carbocycles. The van der Waals surface area contributed by atoms with Crippen LogP contribution in [0, 0.1) is 0 Å². The van der Waals surface area contributed by atoms with E-state index in [4.69, 9.17) is 25.5 Å². The van der Waals surface area contributed by atoms with Gasteiger partial charge in [-0.15, -0.1) is 0 Å². The molecule has 1 aromatic heterocycles. The zero-order valence-corrected chi connectivity index (χ0v) is 20.9. The lowest BCUT2D eigenvalue weighted by Gasteiger charge is -2.26. The van der Waals surface area contributed by atoms with Crippen molar-refractivity contribution in [3.8, 4) is 11.5 Å². The van der Waals surface area contributed by atoms with Crippen LogP contribution in [0.2, 0.25) is 5.02 Å². The van der Waals surface area contributed by atoms with Crippen molar-refractivity contribution >= 4 is 50.1 Å². The second-order valence-corrected chi connectivity index (χ2v) is 9.21. The Labute approximate surface area is 214 Å². The molecule has 0 radical (unpaired) electrons. The number of rotatable bonds is 6. The van der Waals surface area contributed by atoms with E-state index in [0.29, 0.717) is 45.3 Å². The molecule has 1 amide bonds. The van der Waals surface area contributed by atoms with E-state index < -0.39 is 11.9 Å². The number of nitrogens with zero attached hydrogens (tertiary/aromatic N) is 1. The molecule has 0 saturated heterocycles.